The molecule has 1 atom stereocenters. The minimum absolute atomic E-state index is 0.913. The summed E-state index contributed by atoms with van der Waals surface area (Å²) < 4.78 is 0. The third kappa shape index (κ3) is 2.98. The van der Waals surface area contributed by atoms with Crippen LogP contribution in [0.3, 0.4) is 0 Å². The van der Waals surface area contributed by atoms with Crippen molar-refractivity contribution in [3.05, 3.63) is 47.5 Å². The summed E-state index contributed by atoms with van der Waals surface area (Å²) in [5, 5.41) is 0. The van der Waals surface area contributed by atoms with Gasteiger partial charge < -0.3 is 0 Å². The van der Waals surface area contributed by atoms with Gasteiger partial charge >= 0.3 is 0 Å². The molecular formula is C16H22. The zero-order valence-electron chi connectivity index (χ0n) is 10.3. The topological polar surface area (TPSA) is 0 Å². The van der Waals surface area contributed by atoms with Gasteiger partial charge in [-0.15, -0.1) is 0 Å². The molecule has 1 aromatic carbocycles. The van der Waals surface area contributed by atoms with E-state index < -0.39 is 0 Å². The monoisotopic (exact) mass is 214 g/mol. The van der Waals surface area contributed by atoms with Crippen molar-refractivity contribution in [1.82, 2.24) is 0 Å². The van der Waals surface area contributed by atoms with Gasteiger partial charge in [0.2, 0.25) is 0 Å². The van der Waals surface area contributed by atoms with Crippen molar-refractivity contribution in [3.63, 3.8) is 0 Å². The van der Waals surface area contributed by atoms with E-state index in [4.69, 9.17) is 0 Å². The van der Waals surface area contributed by atoms with Crippen molar-refractivity contribution < 1.29 is 0 Å². The lowest BCUT2D eigenvalue weighted by Crippen LogP contribution is -2.13. The van der Waals surface area contributed by atoms with Crippen LogP contribution in [-0.4, -0.2) is 0 Å². The molecule has 0 N–H and O–H groups in total. The summed E-state index contributed by atoms with van der Waals surface area (Å²) in [6, 6.07) is 8.95. The smallest absolute Gasteiger partial charge is 0.0247 e. The van der Waals surface area contributed by atoms with Crippen LogP contribution in [0.15, 0.2) is 36.4 Å². The van der Waals surface area contributed by atoms with Crippen molar-refractivity contribution in [1.29, 1.82) is 0 Å². The maximum absolute atomic E-state index is 2.35. The van der Waals surface area contributed by atoms with Crippen molar-refractivity contribution in [2.75, 3.05) is 0 Å². The van der Waals surface area contributed by atoms with E-state index in [0.717, 1.165) is 5.92 Å². The Morgan fingerprint density at radius 1 is 1.19 bits per heavy atom. The van der Waals surface area contributed by atoms with Crippen LogP contribution >= 0.6 is 0 Å². The predicted octanol–water partition coefficient (Wildman–Crippen LogP) is 4.54. The molecule has 0 aliphatic heterocycles. The van der Waals surface area contributed by atoms with E-state index in [0.29, 0.717) is 0 Å². The first kappa shape index (κ1) is 11.4. The minimum Gasteiger partial charge on any atom is -0.0888 e. The Hall–Kier alpha value is -1.04. The highest BCUT2D eigenvalue weighted by atomic mass is 14.2. The first-order valence-electron chi connectivity index (χ1n) is 6.62. The Labute approximate surface area is 99.4 Å². The number of hydrogen-bond acceptors (Lipinski definition) is 0. The summed E-state index contributed by atoms with van der Waals surface area (Å²) in [5.74, 6) is 0.913. The number of fused-ring (bicyclic) bond motifs is 1. The average molecular weight is 214 g/mol. The number of allylic oxidation sites excluding steroid dienone is 2. The number of rotatable bonds is 4. The Morgan fingerprint density at radius 3 is 2.81 bits per heavy atom. The molecule has 0 saturated heterocycles. The molecule has 16 heavy (non-hydrogen) atoms. The van der Waals surface area contributed by atoms with E-state index in [1.165, 1.54) is 38.5 Å². The van der Waals surface area contributed by atoms with E-state index in [2.05, 4.69) is 43.3 Å². The zero-order chi connectivity index (χ0) is 11.2. The molecule has 0 heteroatoms. The van der Waals surface area contributed by atoms with Gasteiger partial charge in [0.15, 0.2) is 0 Å². The van der Waals surface area contributed by atoms with Gasteiger partial charge in [-0.2, -0.15) is 0 Å². The van der Waals surface area contributed by atoms with Crippen LogP contribution in [0.25, 0.3) is 0 Å². The Balaban J connectivity index is 1.86. The van der Waals surface area contributed by atoms with Gasteiger partial charge in [0, 0.05) is 0 Å². The average Bonchev–Trinajstić information content (AvgIpc) is 2.34. The van der Waals surface area contributed by atoms with Crippen molar-refractivity contribution in [2.45, 2.75) is 45.4 Å². The lowest BCUT2D eigenvalue weighted by molar-refractivity contribution is 0.430. The van der Waals surface area contributed by atoms with Crippen LogP contribution in [0.5, 0.6) is 0 Å². The third-order valence-electron chi connectivity index (χ3n) is 3.59. The number of benzene rings is 1. The molecule has 0 fully saturated rings. The summed E-state index contributed by atoms with van der Waals surface area (Å²) in [7, 11) is 0. The molecule has 0 nitrogen and oxygen atoms in total. The van der Waals surface area contributed by atoms with E-state index in [-0.39, 0.29) is 0 Å². The maximum atomic E-state index is 2.35. The Morgan fingerprint density at radius 2 is 2.00 bits per heavy atom. The van der Waals surface area contributed by atoms with E-state index in [9.17, 15) is 0 Å². The lowest BCUT2D eigenvalue weighted by Gasteiger charge is -2.24. The summed E-state index contributed by atoms with van der Waals surface area (Å²) in [5.41, 5.74) is 3.18. The van der Waals surface area contributed by atoms with Gasteiger partial charge in [0.25, 0.3) is 0 Å². The van der Waals surface area contributed by atoms with Gasteiger partial charge in [0.1, 0.15) is 0 Å². The fourth-order valence-corrected chi connectivity index (χ4v) is 2.64. The maximum Gasteiger partial charge on any atom is -0.0247 e. The van der Waals surface area contributed by atoms with E-state index in [1.807, 2.05) is 0 Å². The van der Waals surface area contributed by atoms with Crippen molar-refractivity contribution in [2.24, 2.45) is 5.92 Å². The summed E-state index contributed by atoms with van der Waals surface area (Å²) in [4.78, 5) is 0. The molecule has 2 rings (SSSR count). The highest BCUT2D eigenvalue weighted by molar-refractivity contribution is 5.29. The van der Waals surface area contributed by atoms with Crippen LogP contribution in [-0.2, 0) is 12.8 Å². The summed E-state index contributed by atoms with van der Waals surface area (Å²) in [6.07, 6.45) is 12.4. The second kappa shape index (κ2) is 5.89. The zero-order valence-corrected chi connectivity index (χ0v) is 10.3. The van der Waals surface area contributed by atoms with Gasteiger partial charge in [-0.3, -0.25) is 0 Å². The molecule has 0 spiro atoms. The minimum atomic E-state index is 0.913. The molecule has 1 aromatic rings. The summed E-state index contributed by atoms with van der Waals surface area (Å²) >= 11 is 0. The molecule has 0 aromatic heterocycles. The van der Waals surface area contributed by atoms with Crippen LogP contribution in [0.4, 0.5) is 0 Å². The molecular weight excluding hydrogens is 192 g/mol. The second-order valence-electron chi connectivity index (χ2n) is 4.83. The number of aryl methyl sites for hydroxylation is 1. The normalized spacial score (nSPS) is 19.9. The van der Waals surface area contributed by atoms with Gasteiger partial charge in [-0.05, 0) is 55.6 Å². The van der Waals surface area contributed by atoms with Crippen LogP contribution < -0.4 is 0 Å². The first-order chi connectivity index (χ1) is 7.90. The largest absolute Gasteiger partial charge is 0.0888 e. The van der Waals surface area contributed by atoms with Crippen LogP contribution in [0.1, 0.15) is 43.7 Å². The molecule has 1 unspecified atom stereocenters. The third-order valence-corrected chi connectivity index (χ3v) is 3.59. The fourth-order valence-electron chi connectivity index (χ4n) is 2.64. The quantitative estimate of drug-likeness (QED) is 0.646. The van der Waals surface area contributed by atoms with Gasteiger partial charge in [-0.25, -0.2) is 0 Å². The molecule has 1 aliphatic carbocycles. The highest BCUT2D eigenvalue weighted by Gasteiger charge is 2.16. The molecule has 1 aliphatic rings. The molecule has 0 amide bonds. The fraction of sp³-hybridized carbons (Fsp3) is 0.500. The SMILES string of the molecule is CC/C=C\CCC1CCc2ccccc2C1. The first-order valence-corrected chi connectivity index (χ1v) is 6.62. The van der Waals surface area contributed by atoms with Crippen molar-refractivity contribution in [3.8, 4) is 0 Å². The number of hydrogen-bond donors (Lipinski definition) is 0. The molecule has 0 radical (unpaired) electrons. The Bertz CT molecular complexity index is 349. The van der Waals surface area contributed by atoms with E-state index >= 15 is 0 Å². The van der Waals surface area contributed by atoms with Gasteiger partial charge in [-0.1, -0.05) is 43.3 Å². The molecule has 86 valence electrons. The standard InChI is InChI=1S/C16H22/c1-2-3-4-5-8-14-11-12-15-9-6-7-10-16(15)13-14/h3-4,6-7,9-10,14H,2,5,8,11-13H2,1H3/b4-3-. The molecule has 0 heterocycles. The van der Waals surface area contributed by atoms with E-state index in [1.54, 1.807) is 11.1 Å². The van der Waals surface area contributed by atoms with Crippen LogP contribution in [0.2, 0.25) is 0 Å². The lowest BCUT2D eigenvalue weighted by atomic mass is 9.82. The second-order valence-corrected chi connectivity index (χ2v) is 4.83. The van der Waals surface area contributed by atoms with Gasteiger partial charge in [0.05, 0.1) is 0 Å². The van der Waals surface area contributed by atoms with Crippen LogP contribution in [0, 0.1) is 5.92 Å². The molecule has 0 bridgehead atoms. The predicted molar refractivity (Wildman–Crippen MR) is 70.6 cm³/mol. The Kier molecular flexibility index (Phi) is 4.21. The molecule has 0 saturated carbocycles. The summed E-state index contributed by atoms with van der Waals surface area (Å²) in [6.45, 7) is 2.20. The highest BCUT2D eigenvalue weighted by Crippen LogP contribution is 2.28. The van der Waals surface area contributed by atoms with Crippen molar-refractivity contribution >= 4 is 0 Å².